The highest BCUT2D eigenvalue weighted by Gasteiger charge is 2.54. The van der Waals surface area contributed by atoms with Crippen molar-refractivity contribution in [1.82, 2.24) is 4.48 Å². The number of benzene rings is 7. The van der Waals surface area contributed by atoms with Crippen molar-refractivity contribution in [2.45, 2.75) is 84.5 Å². The lowest BCUT2D eigenvalue weighted by atomic mass is 9.40. The molecule has 0 bridgehead atoms. The Hall–Kier alpha value is -5.80. The van der Waals surface area contributed by atoms with Crippen molar-refractivity contribution in [3.05, 3.63) is 166 Å². The standard InChI is InChI=1S/C55H49BN2/c1-32-21-22-46(39(25-32)34-15-10-9-11-16-34)57-48-27-33(2)26-41-38-20-14-19-37-40-28-35-17-12-13-18-36(35)29-47(40)58(50(37)38)56(49(41)48)52-51(57)42-30-44-45(31-43(42)55(52,7)8)54(5,6)24-23-53(44,3)4/h9-22,25-31H,23-24H2,1-8H3. The molecule has 12 rings (SSSR count). The molecule has 0 fully saturated rings. The zero-order chi connectivity index (χ0) is 39.6. The number of allylic oxidation sites excluding steroid dienone is 1. The van der Waals surface area contributed by atoms with Gasteiger partial charge < -0.3 is 9.38 Å². The number of hydrogen-bond acceptors (Lipinski definition) is 1. The molecule has 1 aromatic heterocycles. The lowest BCUT2D eigenvalue weighted by molar-refractivity contribution is 0.331. The van der Waals surface area contributed by atoms with E-state index in [-0.39, 0.29) is 23.1 Å². The molecule has 4 aliphatic rings. The first-order chi connectivity index (χ1) is 27.8. The Morgan fingerprint density at radius 2 is 1.21 bits per heavy atom. The van der Waals surface area contributed by atoms with E-state index in [1.807, 2.05) is 0 Å². The van der Waals surface area contributed by atoms with Gasteiger partial charge in [-0.25, -0.2) is 0 Å². The van der Waals surface area contributed by atoms with Crippen molar-refractivity contribution in [2.75, 3.05) is 4.90 Å². The van der Waals surface area contributed by atoms with E-state index in [2.05, 4.69) is 192 Å². The van der Waals surface area contributed by atoms with Crippen LogP contribution in [0.3, 0.4) is 0 Å². The van der Waals surface area contributed by atoms with Gasteiger partial charge in [-0.05, 0) is 129 Å². The topological polar surface area (TPSA) is 8.17 Å². The molecule has 0 atom stereocenters. The predicted octanol–water partition coefficient (Wildman–Crippen LogP) is 13.7. The Morgan fingerprint density at radius 1 is 0.517 bits per heavy atom. The van der Waals surface area contributed by atoms with Gasteiger partial charge in [0.1, 0.15) is 0 Å². The van der Waals surface area contributed by atoms with Crippen LogP contribution in [0.25, 0.3) is 60.5 Å². The largest absolute Gasteiger partial charge is 0.376 e. The van der Waals surface area contributed by atoms with Crippen LogP contribution >= 0.6 is 0 Å². The number of aromatic nitrogens is 1. The molecule has 3 heterocycles. The second kappa shape index (κ2) is 11.2. The minimum absolute atomic E-state index is 0.0129. The summed E-state index contributed by atoms with van der Waals surface area (Å²) in [5.74, 6) is 0. The van der Waals surface area contributed by atoms with Gasteiger partial charge in [0.25, 0.3) is 0 Å². The molecule has 58 heavy (non-hydrogen) atoms. The highest BCUT2D eigenvalue weighted by Crippen LogP contribution is 2.59. The third-order valence-electron chi connectivity index (χ3n) is 14.9. The van der Waals surface area contributed by atoms with Crippen LogP contribution in [0, 0.1) is 13.8 Å². The average molecular weight is 749 g/mol. The highest BCUT2D eigenvalue weighted by atomic mass is 15.2. The van der Waals surface area contributed by atoms with Crippen LogP contribution in [0.2, 0.25) is 0 Å². The van der Waals surface area contributed by atoms with Crippen molar-refractivity contribution >= 4 is 62.0 Å². The minimum atomic E-state index is -0.260. The number of rotatable bonds is 2. The lowest BCUT2D eigenvalue weighted by Gasteiger charge is -2.43. The Balaban J connectivity index is 1.27. The molecule has 0 amide bonds. The zero-order valence-corrected chi connectivity index (χ0v) is 35.0. The quantitative estimate of drug-likeness (QED) is 0.160. The fourth-order valence-electron chi connectivity index (χ4n) is 11.8. The summed E-state index contributed by atoms with van der Waals surface area (Å²) in [6.07, 6.45) is 2.39. The van der Waals surface area contributed by atoms with Gasteiger partial charge in [0.2, 0.25) is 0 Å². The number of hydrogen-bond donors (Lipinski definition) is 0. The highest BCUT2D eigenvalue weighted by molar-refractivity contribution is 6.85. The molecular formula is C55H49BN2. The molecule has 8 aromatic rings. The molecular weight excluding hydrogens is 699 g/mol. The Kier molecular flexibility index (Phi) is 6.63. The monoisotopic (exact) mass is 748 g/mol. The summed E-state index contributed by atoms with van der Waals surface area (Å²) < 4.78 is 2.77. The van der Waals surface area contributed by atoms with Gasteiger partial charge in [0, 0.05) is 55.3 Å². The number of aryl methyl sites for hydroxylation is 2. The van der Waals surface area contributed by atoms with Crippen LogP contribution in [-0.2, 0) is 16.2 Å². The fraction of sp³-hybridized carbons (Fsp3) is 0.236. The molecule has 3 heteroatoms. The summed E-state index contributed by atoms with van der Waals surface area (Å²) in [4.78, 5) is 2.71. The van der Waals surface area contributed by atoms with Crippen LogP contribution in [0.4, 0.5) is 11.4 Å². The van der Waals surface area contributed by atoms with Crippen molar-refractivity contribution in [2.24, 2.45) is 0 Å². The first kappa shape index (κ1) is 34.3. The molecule has 282 valence electrons. The van der Waals surface area contributed by atoms with Crippen molar-refractivity contribution in [1.29, 1.82) is 0 Å². The SMILES string of the molecule is Cc1ccc(N2C3=C(B4c5c(cc(C)cc52)-c2cccc5c6cc7ccccc7cc6n4c25)C(C)(C)c2cc4c(cc23)C(C)(C)CCC4(C)C)c(-c2ccccc2)c1. The molecule has 0 unspecified atom stereocenters. The van der Waals surface area contributed by atoms with E-state index in [1.54, 1.807) is 0 Å². The third-order valence-corrected chi connectivity index (χ3v) is 14.9. The molecule has 0 N–H and O–H groups in total. The zero-order valence-electron chi connectivity index (χ0n) is 35.0. The fourth-order valence-corrected chi connectivity index (χ4v) is 11.8. The van der Waals surface area contributed by atoms with Crippen molar-refractivity contribution in [3.63, 3.8) is 0 Å². The van der Waals surface area contributed by atoms with Gasteiger partial charge in [-0.1, -0.05) is 138 Å². The summed E-state index contributed by atoms with van der Waals surface area (Å²) in [5, 5.41) is 5.26. The van der Waals surface area contributed by atoms with Gasteiger partial charge in [0.05, 0.1) is 5.69 Å². The summed E-state index contributed by atoms with van der Waals surface area (Å²) in [6.45, 7) is 19.5. The minimum Gasteiger partial charge on any atom is -0.376 e. The van der Waals surface area contributed by atoms with Gasteiger partial charge in [-0.15, -0.1) is 0 Å². The lowest BCUT2D eigenvalue weighted by Crippen LogP contribution is -2.52. The Labute approximate surface area is 342 Å². The molecule has 0 saturated carbocycles. The van der Waals surface area contributed by atoms with E-state index >= 15 is 0 Å². The normalized spacial score (nSPS) is 17.8. The summed E-state index contributed by atoms with van der Waals surface area (Å²) >= 11 is 0. The van der Waals surface area contributed by atoms with Crippen LogP contribution in [0.15, 0.2) is 133 Å². The second-order valence-electron chi connectivity index (χ2n) is 19.8. The number of anilines is 2. The van der Waals surface area contributed by atoms with Crippen LogP contribution in [-0.4, -0.2) is 11.3 Å². The van der Waals surface area contributed by atoms with E-state index < -0.39 is 0 Å². The Morgan fingerprint density at radius 3 is 1.97 bits per heavy atom. The molecule has 2 aliphatic carbocycles. The third kappa shape index (κ3) is 4.35. The van der Waals surface area contributed by atoms with Crippen molar-refractivity contribution in [3.8, 4) is 22.3 Å². The van der Waals surface area contributed by atoms with Crippen LogP contribution in [0.1, 0.15) is 87.8 Å². The number of fused-ring (bicyclic) bond motifs is 10. The average Bonchev–Trinajstić information content (AvgIpc) is 3.65. The summed E-state index contributed by atoms with van der Waals surface area (Å²) in [7, 11) is 0. The van der Waals surface area contributed by atoms with E-state index in [4.69, 9.17) is 0 Å². The summed E-state index contributed by atoms with van der Waals surface area (Å²) in [5.41, 5.74) is 23.1. The van der Waals surface area contributed by atoms with Gasteiger partial charge in [0.15, 0.2) is 0 Å². The maximum absolute atomic E-state index is 2.77. The van der Waals surface area contributed by atoms with Gasteiger partial charge in [-0.2, -0.15) is 0 Å². The molecule has 2 aliphatic heterocycles. The molecule has 0 spiro atoms. The van der Waals surface area contributed by atoms with E-state index in [0.717, 1.165) is 0 Å². The Bertz CT molecular complexity index is 3170. The smallest absolute Gasteiger partial charge is 0.329 e. The van der Waals surface area contributed by atoms with Crippen LogP contribution in [0.5, 0.6) is 0 Å². The summed E-state index contributed by atoms with van der Waals surface area (Å²) in [6, 6.07) is 49.3. The number of nitrogens with zero attached hydrogens (tertiary/aromatic N) is 2. The van der Waals surface area contributed by atoms with Crippen LogP contribution < -0.4 is 10.4 Å². The van der Waals surface area contributed by atoms with Crippen molar-refractivity contribution < 1.29 is 0 Å². The van der Waals surface area contributed by atoms with E-state index in [1.165, 1.54) is 129 Å². The van der Waals surface area contributed by atoms with E-state index in [0.29, 0.717) is 0 Å². The number of para-hydroxylation sites is 1. The first-order valence-electron chi connectivity index (χ1n) is 21.3. The first-order valence-corrected chi connectivity index (χ1v) is 21.3. The van der Waals surface area contributed by atoms with Gasteiger partial charge in [-0.3, -0.25) is 0 Å². The molecule has 0 saturated heterocycles. The predicted molar refractivity (Wildman–Crippen MR) is 248 cm³/mol. The maximum Gasteiger partial charge on any atom is 0.329 e. The molecule has 2 nitrogen and oxygen atoms in total. The van der Waals surface area contributed by atoms with E-state index in [9.17, 15) is 0 Å². The maximum atomic E-state index is 2.77. The van der Waals surface area contributed by atoms with Gasteiger partial charge >= 0.3 is 6.85 Å². The molecule has 7 aromatic carbocycles. The second-order valence-corrected chi connectivity index (χ2v) is 19.8. The molecule has 0 radical (unpaired) electrons.